The average Bonchev–Trinajstić information content (AvgIpc) is 3.05. The van der Waals surface area contributed by atoms with Gasteiger partial charge >= 0.3 is 11.8 Å². The first-order valence-corrected chi connectivity index (χ1v) is 12.2. The van der Waals surface area contributed by atoms with Crippen molar-refractivity contribution in [3.8, 4) is 0 Å². The number of carboxylic acid groups (broad SMARTS) is 1. The number of amides is 3. The van der Waals surface area contributed by atoms with Gasteiger partial charge in [0.1, 0.15) is 6.04 Å². The molecule has 0 aliphatic carbocycles. The zero-order chi connectivity index (χ0) is 26.5. The van der Waals surface area contributed by atoms with Gasteiger partial charge in [0.15, 0.2) is 0 Å². The van der Waals surface area contributed by atoms with Gasteiger partial charge in [0.05, 0.1) is 30.9 Å². The van der Waals surface area contributed by atoms with Crippen molar-refractivity contribution in [1.29, 1.82) is 0 Å². The Kier molecular flexibility index (Phi) is 8.91. The summed E-state index contributed by atoms with van der Waals surface area (Å²) in [7, 11) is 1.69. The van der Waals surface area contributed by atoms with E-state index in [1.165, 1.54) is 9.47 Å². The quantitative estimate of drug-likeness (QED) is 0.354. The highest BCUT2D eigenvalue weighted by atomic mass is 16.5. The lowest BCUT2D eigenvalue weighted by molar-refractivity contribution is -0.135. The maximum absolute atomic E-state index is 13.0. The van der Waals surface area contributed by atoms with Crippen LogP contribution in [-0.4, -0.2) is 75.6 Å². The molecular formula is C25H36N4O7. The lowest BCUT2D eigenvalue weighted by atomic mass is 10.0. The van der Waals surface area contributed by atoms with Gasteiger partial charge in [-0.25, -0.2) is 9.59 Å². The summed E-state index contributed by atoms with van der Waals surface area (Å²) < 4.78 is 14.2. The van der Waals surface area contributed by atoms with Crippen molar-refractivity contribution < 1.29 is 29.0 Å². The first kappa shape index (κ1) is 27.4. The number of hydrogen-bond donors (Lipinski definition) is 2. The lowest BCUT2D eigenvalue weighted by Crippen LogP contribution is -2.46. The third-order valence-corrected chi connectivity index (χ3v) is 6.31. The minimum absolute atomic E-state index is 0.203. The smallest absolute Gasteiger partial charge is 0.407 e. The molecule has 1 saturated heterocycles. The highest BCUT2D eigenvalue weighted by Gasteiger charge is 2.31. The number of aromatic nitrogens is 2. The molecule has 2 heterocycles. The van der Waals surface area contributed by atoms with E-state index < -0.39 is 23.6 Å². The maximum Gasteiger partial charge on any atom is 0.407 e. The minimum atomic E-state index is -0.970. The molecule has 1 atom stereocenters. The van der Waals surface area contributed by atoms with E-state index in [9.17, 15) is 24.3 Å². The number of fused-ring (bicyclic) bond motifs is 1. The van der Waals surface area contributed by atoms with E-state index in [0.717, 1.165) is 17.5 Å². The van der Waals surface area contributed by atoms with Crippen LogP contribution in [0.25, 0.3) is 11.0 Å². The van der Waals surface area contributed by atoms with Gasteiger partial charge in [-0.05, 0) is 51.7 Å². The molecule has 3 rings (SSSR count). The van der Waals surface area contributed by atoms with Crippen LogP contribution in [0.1, 0.15) is 51.6 Å². The Morgan fingerprint density at radius 3 is 2.47 bits per heavy atom. The molecule has 1 aliphatic heterocycles. The Labute approximate surface area is 210 Å². The van der Waals surface area contributed by atoms with Gasteiger partial charge in [-0.2, -0.15) is 0 Å². The van der Waals surface area contributed by atoms with Gasteiger partial charge < -0.3 is 19.5 Å². The Hall–Kier alpha value is -3.18. The third-order valence-electron chi connectivity index (χ3n) is 6.31. The Balaban J connectivity index is 1.49. The second kappa shape index (κ2) is 11.7. The molecule has 0 bridgehead atoms. The van der Waals surface area contributed by atoms with Crippen LogP contribution >= 0.6 is 0 Å². The molecule has 1 aromatic carbocycles. The maximum atomic E-state index is 13.0. The van der Waals surface area contributed by atoms with Gasteiger partial charge in [0.2, 0.25) is 11.8 Å². The zero-order valence-electron chi connectivity index (χ0n) is 21.4. The van der Waals surface area contributed by atoms with Crippen molar-refractivity contribution >= 4 is 28.9 Å². The van der Waals surface area contributed by atoms with Gasteiger partial charge in [-0.1, -0.05) is 12.1 Å². The Bertz CT molecular complexity index is 1160. The molecular weight excluding hydrogens is 468 g/mol. The van der Waals surface area contributed by atoms with Crippen molar-refractivity contribution in [3.63, 3.8) is 0 Å². The van der Waals surface area contributed by atoms with Gasteiger partial charge in [-0.15, -0.1) is 0 Å². The highest BCUT2D eigenvalue weighted by molar-refractivity contribution is 6.00. The van der Waals surface area contributed by atoms with Crippen LogP contribution in [-0.2, 0) is 32.5 Å². The first-order valence-electron chi connectivity index (χ1n) is 12.2. The molecule has 2 N–H and O–H groups in total. The molecule has 0 radical (unpaired) electrons. The van der Waals surface area contributed by atoms with E-state index in [1.54, 1.807) is 11.6 Å². The summed E-state index contributed by atoms with van der Waals surface area (Å²) in [5.74, 6) is -0.765. The largest absolute Gasteiger partial charge is 0.465 e. The fraction of sp³-hybridized carbons (Fsp3) is 0.600. The van der Waals surface area contributed by atoms with Crippen LogP contribution in [0, 0.1) is 0 Å². The second-order valence-electron chi connectivity index (χ2n) is 9.90. The summed E-state index contributed by atoms with van der Waals surface area (Å²) in [6.07, 6.45) is 0.947. The van der Waals surface area contributed by atoms with Crippen molar-refractivity contribution in [2.45, 2.75) is 58.0 Å². The monoisotopic (exact) mass is 504 g/mol. The minimum Gasteiger partial charge on any atom is -0.465 e. The lowest BCUT2D eigenvalue weighted by Gasteiger charge is -2.32. The molecule has 0 spiro atoms. The van der Waals surface area contributed by atoms with Crippen LogP contribution in [0.2, 0.25) is 0 Å². The van der Waals surface area contributed by atoms with Gasteiger partial charge in [0.25, 0.3) is 0 Å². The predicted octanol–water partition coefficient (Wildman–Crippen LogP) is 2.06. The number of imide groups is 1. The topological polar surface area (TPSA) is 132 Å². The molecule has 1 aliphatic rings. The number of aryl methyl sites for hydroxylation is 2. The second-order valence-corrected chi connectivity index (χ2v) is 9.90. The number of nitrogens with one attached hydrogen (secondary N) is 1. The number of rotatable bonds is 11. The van der Waals surface area contributed by atoms with Gasteiger partial charge in [-0.3, -0.25) is 24.0 Å². The number of piperidine rings is 1. The number of carbonyl (C=O) groups is 3. The summed E-state index contributed by atoms with van der Waals surface area (Å²) in [5.41, 5.74) is 1.66. The summed E-state index contributed by atoms with van der Waals surface area (Å²) in [6.45, 7) is 7.39. The standard InChI is InChI=1S/C25H36N4O7/c1-25(2,3)28(24(33)34)12-14-36-16-15-35-13-6-8-17-7-5-9-18-21(17)27(4)23(32)29(18)19-10-11-20(30)26-22(19)31/h5,7,9,19H,6,8,10-16H2,1-4H3,(H,33,34)(H,26,30,31). The SMILES string of the molecule is Cn1c(=O)n(C2CCC(=O)NC2=O)c2cccc(CCCOCCOCCN(C(=O)O)C(C)(C)C)c21. The number of nitrogens with zero attached hydrogens (tertiary/aromatic N) is 3. The fourth-order valence-corrected chi connectivity index (χ4v) is 4.51. The fourth-order valence-electron chi connectivity index (χ4n) is 4.51. The van der Waals surface area contributed by atoms with Crippen LogP contribution < -0.4 is 11.0 Å². The van der Waals surface area contributed by atoms with E-state index >= 15 is 0 Å². The molecule has 11 heteroatoms. The molecule has 1 aromatic heterocycles. The number of ether oxygens (including phenoxy) is 2. The van der Waals surface area contributed by atoms with Crippen LogP contribution in [0.3, 0.4) is 0 Å². The van der Waals surface area contributed by atoms with Gasteiger partial charge in [0, 0.05) is 32.2 Å². The zero-order valence-corrected chi connectivity index (χ0v) is 21.4. The Morgan fingerprint density at radius 2 is 1.83 bits per heavy atom. The van der Waals surface area contributed by atoms with Crippen molar-refractivity contribution in [2.75, 3.05) is 33.0 Å². The molecule has 198 valence electrons. The van der Waals surface area contributed by atoms with E-state index in [2.05, 4.69) is 5.32 Å². The number of para-hydroxylation sites is 1. The number of hydrogen-bond acceptors (Lipinski definition) is 6. The molecule has 3 amide bonds. The number of imidazole rings is 1. The molecule has 2 aromatic rings. The van der Waals surface area contributed by atoms with Crippen molar-refractivity contribution in [1.82, 2.24) is 19.4 Å². The molecule has 36 heavy (non-hydrogen) atoms. The molecule has 0 saturated carbocycles. The summed E-state index contributed by atoms with van der Waals surface area (Å²) in [4.78, 5) is 49.6. The number of benzene rings is 1. The van der Waals surface area contributed by atoms with Crippen LogP contribution in [0.5, 0.6) is 0 Å². The molecule has 1 fully saturated rings. The molecule has 11 nitrogen and oxygen atoms in total. The highest BCUT2D eigenvalue weighted by Crippen LogP contribution is 2.25. The Morgan fingerprint density at radius 1 is 1.14 bits per heavy atom. The number of carbonyl (C=O) groups excluding carboxylic acids is 2. The van der Waals surface area contributed by atoms with E-state index in [1.807, 2.05) is 39.0 Å². The van der Waals surface area contributed by atoms with Crippen LogP contribution in [0.15, 0.2) is 23.0 Å². The van der Waals surface area contributed by atoms with Crippen LogP contribution in [0.4, 0.5) is 4.79 Å². The summed E-state index contributed by atoms with van der Waals surface area (Å²) in [5, 5.41) is 11.6. The summed E-state index contributed by atoms with van der Waals surface area (Å²) >= 11 is 0. The third kappa shape index (κ3) is 6.33. The van der Waals surface area contributed by atoms with Crippen molar-refractivity contribution in [2.24, 2.45) is 7.05 Å². The molecule has 1 unspecified atom stereocenters. The normalized spacial score (nSPS) is 16.4. The van der Waals surface area contributed by atoms with E-state index in [4.69, 9.17) is 9.47 Å². The van der Waals surface area contributed by atoms with E-state index in [0.29, 0.717) is 51.3 Å². The first-order chi connectivity index (χ1) is 17.0. The predicted molar refractivity (Wildman–Crippen MR) is 133 cm³/mol. The van der Waals surface area contributed by atoms with E-state index in [-0.39, 0.29) is 18.0 Å². The summed E-state index contributed by atoms with van der Waals surface area (Å²) in [6, 6.07) is 4.95. The van der Waals surface area contributed by atoms with Crippen molar-refractivity contribution in [3.05, 3.63) is 34.2 Å². The average molecular weight is 505 g/mol.